The van der Waals surface area contributed by atoms with Crippen LogP contribution in [0.25, 0.3) is 10.9 Å². The van der Waals surface area contributed by atoms with Gasteiger partial charge in [0.15, 0.2) is 0 Å². The zero-order valence-electron chi connectivity index (χ0n) is 20.7. The fourth-order valence-electron chi connectivity index (χ4n) is 5.06. The second-order valence-electron chi connectivity index (χ2n) is 9.44. The number of benzene rings is 2. The monoisotopic (exact) mass is 540 g/mol. The standard InChI is InChI=1S/C29H30Cl2N2O4/c1-37-23-7-8-27-25(17-23)24(10-12-32-27)28(34)9-5-19-11-14-33(18-21(19)15-29(35)36)13-2-3-20-4-6-22(30)16-26(20)31/h4,6-8,10,12,16-17,19,21,28,34H,5,9,11,13-15,18H2,1H3,(H,35,36)/t19-,21+,28-/m1/s1. The molecular weight excluding hydrogens is 511 g/mol. The summed E-state index contributed by atoms with van der Waals surface area (Å²) in [4.78, 5) is 18.2. The van der Waals surface area contributed by atoms with E-state index >= 15 is 0 Å². The van der Waals surface area contributed by atoms with Gasteiger partial charge in [0.25, 0.3) is 0 Å². The summed E-state index contributed by atoms with van der Waals surface area (Å²) < 4.78 is 5.35. The molecule has 6 nitrogen and oxygen atoms in total. The van der Waals surface area contributed by atoms with E-state index in [-0.39, 0.29) is 18.3 Å². The largest absolute Gasteiger partial charge is 0.497 e. The van der Waals surface area contributed by atoms with Crippen molar-refractivity contribution in [3.63, 3.8) is 0 Å². The number of ether oxygens (including phenoxy) is 1. The number of likely N-dealkylation sites (tertiary alicyclic amines) is 1. The molecule has 1 fully saturated rings. The average molecular weight is 541 g/mol. The van der Waals surface area contributed by atoms with Crippen LogP contribution in [0.5, 0.6) is 5.75 Å². The number of hydrogen-bond acceptors (Lipinski definition) is 5. The number of aliphatic carboxylic acids is 1. The molecule has 0 radical (unpaired) electrons. The minimum absolute atomic E-state index is 0.00588. The number of aliphatic hydroxyl groups excluding tert-OH is 1. The highest BCUT2D eigenvalue weighted by Gasteiger charge is 2.31. The number of halogens is 2. The molecule has 1 saturated heterocycles. The topological polar surface area (TPSA) is 82.9 Å². The number of methoxy groups -OCH3 is 1. The van der Waals surface area contributed by atoms with Crippen LogP contribution in [0.4, 0.5) is 0 Å². The summed E-state index contributed by atoms with van der Waals surface area (Å²) in [5.74, 6) is 6.37. The Bertz CT molecular complexity index is 1320. The Morgan fingerprint density at radius 3 is 2.81 bits per heavy atom. The number of rotatable bonds is 8. The number of carboxylic acid groups (broad SMARTS) is 1. The summed E-state index contributed by atoms with van der Waals surface area (Å²) in [7, 11) is 1.61. The molecule has 4 rings (SSSR count). The Morgan fingerprint density at radius 2 is 2.05 bits per heavy atom. The van der Waals surface area contributed by atoms with Crippen molar-refractivity contribution in [2.24, 2.45) is 11.8 Å². The van der Waals surface area contributed by atoms with E-state index in [0.717, 1.165) is 41.4 Å². The van der Waals surface area contributed by atoms with Gasteiger partial charge < -0.3 is 14.9 Å². The molecule has 37 heavy (non-hydrogen) atoms. The van der Waals surface area contributed by atoms with Crippen LogP contribution >= 0.6 is 23.2 Å². The zero-order chi connectivity index (χ0) is 26.4. The normalized spacial score (nSPS) is 18.7. The van der Waals surface area contributed by atoms with Gasteiger partial charge in [-0.3, -0.25) is 14.7 Å². The summed E-state index contributed by atoms with van der Waals surface area (Å²) >= 11 is 12.2. The molecule has 0 aliphatic carbocycles. The summed E-state index contributed by atoms with van der Waals surface area (Å²) in [6, 6.07) is 12.7. The van der Waals surface area contributed by atoms with Crippen molar-refractivity contribution in [3.8, 4) is 17.6 Å². The van der Waals surface area contributed by atoms with Crippen molar-refractivity contribution in [2.75, 3.05) is 26.7 Å². The van der Waals surface area contributed by atoms with Gasteiger partial charge in [-0.05, 0) is 85.7 Å². The van der Waals surface area contributed by atoms with Gasteiger partial charge >= 0.3 is 5.97 Å². The SMILES string of the molecule is COc1ccc2nccc([C@H](O)CC[C@@H]3CCN(CC#Cc4ccc(Cl)cc4Cl)C[C@@H]3CC(=O)O)c2c1. The lowest BCUT2D eigenvalue weighted by Crippen LogP contribution is -2.41. The first kappa shape index (κ1) is 27.2. The Morgan fingerprint density at radius 1 is 1.22 bits per heavy atom. The van der Waals surface area contributed by atoms with Gasteiger partial charge in [0.2, 0.25) is 0 Å². The molecule has 0 spiro atoms. The van der Waals surface area contributed by atoms with Gasteiger partial charge in [0, 0.05) is 35.1 Å². The number of fused-ring (bicyclic) bond motifs is 1. The molecule has 2 heterocycles. The van der Waals surface area contributed by atoms with Crippen LogP contribution in [-0.2, 0) is 4.79 Å². The van der Waals surface area contributed by atoms with E-state index in [9.17, 15) is 15.0 Å². The number of carboxylic acids is 1. The maximum atomic E-state index is 11.6. The lowest BCUT2D eigenvalue weighted by molar-refractivity contribution is -0.139. The van der Waals surface area contributed by atoms with Crippen molar-refractivity contribution in [1.29, 1.82) is 0 Å². The van der Waals surface area contributed by atoms with Crippen molar-refractivity contribution in [3.05, 3.63) is 69.8 Å². The Kier molecular flexibility index (Phi) is 9.28. The third-order valence-electron chi connectivity index (χ3n) is 7.02. The molecule has 1 aliphatic heterocycles. The molecule has 2 aromatic carbocycles. The van der Waals surface area contributed by atoms with Crippen LogP contribution in [0.2, 0.25) is 10.0 Å². The van der Waals surface area contributed by atoms with Crippen molar-refractivity contribution >= 4 is 40.1 Å². The third kappa shape index (κ3) is 7.15. The van der Waals surface area contributed by atoms with Gasteiger partial charge in [-0.15, -0.1) is 0 Å². The van der Waals surface area contributed by atoms with E-state index < -0.39 is 12.1 Å². The van der Waals surface area contributed by atoms with Crippen molar-refractivity contribution in [2.45, 2.75) is 31.8 Å². The highest BCUT2D eigenvalue weighted by Crippen LogP contribution is 2.34. The summed E-state index contributed by atoms with van der Waals surface area (Å²) in [5, 5.41) is 22.5. The van der Waals surface area contributed by atoms with E-state index in [1.165, 1.54) is 0 Å². The number of carbonyl (C=O) groups is 1. The van der Waals surface area contributed by atoms with E-state index in [0.29, 0.717) is 35.3 Å². The molecular formula is C29H30Cl2N2O4. The van der Waals surface area contributed by atoms with E-state index in [1.807, 2.05) is 24.3 Å². The first-order valence-electron chi connectivity index (χ1n) is 12.3. The quantitative estimate of drug-likeness (QED) is 0.350. The first-order valence-corrected chi connectivity index (χ1v) is 13.1. The number of aromatic nitrogens is 1. The van der Waals surface area contributed by atoms with Crippen LogP contribution in [0.3, 0.4) is 0 Å². The Balaban J connectivity index is 1.39. The highest BCUT2D eigenvalue weighted by atomic mass is 35.5. The molecule has 0 amide bonds. The second kappa shape index (κ2) is 12.6. The zero-order valence-corrected chi connectivity index (χ0v) is 22.2. The van der Waals surface area contributed by atoms with Crippen LogP contribution in [0.15, 0.2) is 48.7 Å². The fourth-order valence-corrected chi connectivity index (χ4v) is 5.52. The molecule has 3 atom stereocenters. The number of nitrogens with zero attached hydrogens (tertiary/aromatic N) is 2. The molecule has 3 aromatic rings. The maximum Gasteiger partial charge on any atom is 0.303 e. The minimum Gasteiger partial charge on any atom is -0.497 e. The smallest absolute Gasteiger partial charge is 0.303 e. The summed E-state index contributed by atoms with van der Waals surface area (Å²) in [6.45, 7) is 2.02. The highest BCUT2D eigenvalue weighted by molar-refractivity contribution is 6.35. The predicted octanol–water partition coefficient (Wildman–Crippen LogP) is 5.83. The van der Waals surface area contributed by atoms with Crippen LogP contribution in [0.1, 0.15) is 42.9 Å². The molecule has 0 bridgehead atoms. The van der Waals surface area contributed by atoms with Gasteiger partial charge in [-0.1, -0.05) is 35.0 Å². The fraction of sp³-hybridized carbons (Fsp3) is 0.379. The van der Waals surface area contributed by atoms with E-state index in [2.05, 4.69) is 21.7 Å². The van der Waals surface area contributed by atoms with Crippen molar-refractivity contribution in [1.82, 2.24) is 9.88 Å². The first-order chi connectivity index (χ1) is 17.8. The minimum atomic E-state index is -0.802. The van der Waals surface area contributed by atoms with E-state index in [4.69, 9.17) is 27.9 Å². The molecule has 194 valence electrons. The molecule has 2 N–H and O–H groups in total. The van der Waals surface area contributed by atoms with Crippen LogP contribution < -0.4 is 4.74 Å². The number of pyridine rings is 1. The third-order valence-corrected chi connectivity index (χ3v) is 7.57. The second-order valence-corrected chi connectivity index (χ2v) is 10.3. The number of piperidine rings is 1. The molecule has 8 heteroatoms. The average Bonchev–Trinajstić information content (AvgIpc) is 2.88. The Hall–Kier alpha value is -2.82. The van der Waals surface area contributed by atoms with Gasteiger partial charge in [-0.25, -0.2) is 0 Å². The number of hydrogen-bond donors (Lipinski definition) is 2. The summed E-state index contributed by atoms with van der Waals surface area (Å²) in [6.07, 6.45) is 3.29. The molecule has 0 saturated carbocycles. The maximum absolute atomic E-state index is 11.6. The Labute approximate surface area is 227 Å². The molecule has 1 aromatic heterocycles. The van der Waals surface area contributed by atoms with Crippen LogP contribution in [-0.4, -0.2) is 52.8 Å². The van der Waals surface area contributed by atoms with Gasteiger partial charge in [0.05, 0.1) is 30.3 Å². The predicted molar refractivity (Wildman–Crippen MR) is 146 cm³/mol. The molecule has 1 aliphatic rings. The van der Waals surface area contributed by atoms with E-state index in [1.54, 1.807) is 31.5 Å². The van der Waals surface area contributed by atoms with Crippen molar-refractivity contribution < 1.29 is 19.7 Å². The van der Waals surface area contributed by atoms with Crippen LogP contribution in [0, 0.1) is 23.7 Å². The molecule has 0 unspecified atom stereocenters. The van der Waals surface area contributed by atoms with Gasteiger partial charge in [0.1, 0.15) is 5.75 Å². The lowest BCUT2D eigenvalue weighted by Gasteiger charge is -2.37. The lowest BCUT2D eigenvalue weighted by atomic mass is 9.79. The van der Waals surface area contributed by atoms with Gasteiger partial charge in [-0.2, -0.15) is 0 Å². The summed E-state index contributed by atoms with van der Waals surface area (Å²) in [5.41, 5.74) is 2.33. The number of aliphatic hydroxyl groups is 1.